The molecule has 3 rings (SSSR count). The highest BCUT2D eigenvalue weighted by molar-refractivity contribution is 9.10. The van der Waals surface area contributed by atoms with Crippen molar-refractivity contribution in [2.45, 2.75) is 20.4 Å². The number of aromatic nitrogens is 1. The summed E-state index contributed by atoms with van der Waals surface area (Å²) in [5.74, 6) is 0. The van der Waals surface area contributed by atoms with Crippen molar-refractivity contribution in [2.24, 2.45) is 0 Å². The number of hydrogen-bond acceptors (Lipinski definition) is 1. The summed E-state index contributed by atoms with van der Waals surface area (Å²) in [7, 11) is 0. The molecule has 0 amide bonds. The standard InChI is InChI=1S/C16H15BrNS/c1-11-3-5-13(6-4-11)10-18-12(2)19-16-8-7-14(17)9-15(16)18/h3-9H,10H2,1-2H3/q+1. The summed E-state index contributed by atoms with van der Waals surface area (Å²) in [6, 6.07) is 15.3. The van der Waals surface area contributed by atoms with E-state index in [1.54, 1.807) is 0 Å². The molecule has 0 atom stereocenters. The van der Waals surface area contributed by atoms with Crippen molar-refractivity contribution in [3.05, 3.63) is 63.1 Å². The summed E-state index contributed by atoms with van der Waals surface area (Å²) < 4.78 is 4.86. The second kappa shape index (κ2) is 5.06. The van der Waals surface area contributed by atoms with Crippen LogP contribution < -0.4 is 4.57 Å². The van der Waals surface area contributed by atoms with Crippen LogP contribution in [-0.2, 0) is 6.54 Å². The van der Waals surface area contributed by atoms with Crippen molar-refractivity contribution in [1.82, 2.24) is 0 Å². The molecule has 0 spiro atoms. The first kappa shape index (κ1) is 12.8. The van der Waals surface area contributed by atoms with Crippen molar-refractivity contribution in [3.8, 4) is 0 Å². The number of thiazole rings is 1. The van der Waals surface area contributed by atoms with Crippen molar-refractivity contribution < 1.29 is 4.57 Å². The van der Waals surface area contributed by atoms with Crippen LogP contribution in [0.1, 0.15) is 16.1 Å². The zero-order valence-electron chi connectivity index (χ0n) is 11.0. The Kier molecular flexibility index (Phi) is 3.42. The molecule has 0 aliphatic carbocycles. The molecule has 96 valence electrons. The SMILES string of the molecule is Cc1ccc(C[n+]2c(C)sc3ccc(Br)cc32)cc1. The fourth-order valence-corrected chi connectivity index (χ4v) is 3.59. The topological polar surface area (TPSA) is 3.88 Å². The van der Waals surface area contributed by atoms with Gasteiger partial charge in [0, 0.05) is 23.0 Å². The monoisotopic (exact) mass is 332 g/mol. The van der Waals surface area contributed by atoms with E-state index in [1.807, 2.05) is 11.3 Å². The molecular formula is C16H15BrNS+. The van der Waals surface area contributed by atoms with Crippen molar-refractivity contribution in [3.63, 3.8) is 0 Å². The van der Waals surface area contributed by atoms with Crippen LogP contribution in [0.15, 0.2) is 46.9 Å². The zero-order valence-corrected chi connectivity index (χ0v) is 13.4. The lowest BCUT2D eigenvalue weighted by molar-refractivity contribution is -0.664. The molecule has 0 radical (unpaired) electrons. The number of rotatable bonds is 2. The maximum Gasteiger partial charge on any atom is 0.235 e. The summed E-state index contributed by atoms with van der Waals surface area (Å²) in [6.07, 6.45) is 0. The molecule has 0 saturated heterocycles. The van der Waals surface area contributed by atoms with Gasteiger partial charge in [0.15, 0.2) is 6.54 Å². The van der Waals surface area contributed by atoms with Crippen LogP contribution in [0.25, 0.3) is 10.2 Å². The van der Waals surface area contributed by atoms with E-state index in [4.69, 9.17) is 0 Å². The second-order valence-electron chi connectivity index (χ2n) is 4.80. The van der Waals surface area contributed by atoms with E-state index < -0.39 is 0 Å². The smallest absolute Gasteiger partial charge is 0.182 e. The van der Waals surface area contributed by atoms with Gasteiger partial charge in [-0.25, -0.2) is 0 Å². The van der Waals surface area contributed by atoms with Gasteiger partial charge >= 0.3 is 0 Å². The molecule has 0 aliphatic heterocycles. The van der Waals surface area contributed by atoms with E-state index in [0.717, 1.165) is 11.0 Å². The Hall–Kier alpha value is -1.19. The average Bonchev–Trinajstić information content (AvgIpc) is 2.69. The lowest BCUT2D eigenvalue weighted by atomic mass is 10.1. The predicted octanol–water partition coefficient (Wildman–Crippen LogP) is 4.62. The van der Waals surface area contributed by atoms with Crippen LogP contribution in [0.5, 0.6) is 0 Å². The maximum atomic E-state index is 3.56. The average molecular weight is 333 g/mol. The summed E-state index contributed by atoms with van der Waals surface area (Å²) in [5.41, 5.74) is 3.96. The van der Waals surface area contributed by atoms with Gasteiger partial charge in [-0.2, -0.15) is 4.57 Å². The van der Waals surface area contributed by atoms with Gasteiger partial charge in [0.25, 0.3) is 0 Å². The molecule has 0 N–H and O–H groups in total. The van der Waals surface area contributed by atoms with Crippen LogP contribution in [0.4, 0.5) is 0 Å². The summed E-state index contributed by atoms with van der Waals surface area (Å²) in [4.78, 5) is 0. The minimum absolute atomic E-state index is 0.933. The van der Waals surface area contributed by atoms with Gasteiger partial charge in [-0.1, -0.05) is 57.1 Å². The van der Waals surface area contributed by atoms with Crippen LogP contribution in [0, 0.1) is 13.8 Å². The molecule has 0 aliphatic rings. The molecule has 1 heterocycles. The normalized spacial score (nSPS) is 11.1. The van der Waals surface area contributed by atoms with E-state index in [9.17, 15) is 0 Å². The number of fused-ring (bicyclic) bond motifs is 1. The lowest BCUT2D eigenvalue weighted by Crippen LogP contribution is -2.35. The first-order valence-corrected chi connectivity index (χ1v) is 7.88. The Morgan fingerprint density at radius 1 is 1.05 bits per heavy atom. The van der Waals surface area contributed by atoms with Gasteiger partial charge in [0.05, 0.1) is 0 Å². The number of aryl methyl sites for hydroxylation is 2. The van der Waals surface area contributed by atoms with Crippen LogP contribution in [-0.4, -0.2) is 0 Å². The van der Waals surface area contributed by atoms with Crippen LogP contribution >= 0.6 is 27.3 Å². The van der Waals surface area contributed by atoms with Crippen LogP contribution in [0.2, 0.25) is 0 Å². The summed E-state index contributed by atoms with van der Waals surface area (Å²) in [6.45, 7) is 5.24. The van der Waals surface area contributed by atoms with E-state index in [1.165, 1.54) is 26.4 Å². The first-order valence-electron chi connectivity index (χ1n) is 6.27. The van der Waals surface area contributed by atoms with Gasteiger partial charge in [0.2, 0.25) is 10.5 Å². The maximum absolute atomic E-state index is 3.56. The molecule has 0 bridgehead atoms. The predicted molar refractivity (Wildman–Crippen MR) is 84.7 cm³/mol. The van der Waals surface area contributed by atoms with Crippen LogP contribution in [0.3, 0.4) is 0 Å². The number of nitrogens with zero attached hydrogens (tertiary/aromatic N) is 1. The Morgan fingerprint density at radius 3 is 2.53 bits per heavy atom. The number of hydrogen-bond donors (Lipinski definition) is 0. The second-order valence-corrected chi connectivity index (χ2v) is 6.96. The molecule has 3 heteroatoms. The minimum atomic E-state index is 0.933. The molecule has 19 heavy (non-hydrogen) atoms. The van der Waals surface area contributed by atoms with E-state index >= 15 is 0 Å². The molecule has 0 fully saturated rings. The first-order chi connectivity index (χ1) is 9.13. The van der Waals surface area contributed by atoms with E-state index in [2.05, 4.69) is 76.8 Å². The number of halogens is 1. The quantitative estimate of drug-likeness (QED) is 0.603. The zero-order chi connectivity index (χ0) is 13.4. The Balaban J connectivity index is 2.06. The van der Waals surface area contributed by atoms with E-state index in [0.29, 0.717) is 0 Å². The van der Waals surface area contributed by atoms with E-state index in [-0.39, 0.29) is 0 Å². The summed E-state index contributed by atoms with van der Waals surface area (Å²) >= 11 is 5.41. The highest BCUT2D eigenvalue weighted by Gasteiger charge is 2.17. The highest BCUT2D eigenvalue weighted by Crippen LogP contribution is 2.23. The molecule has 0 unspecified atom stereocenters. The summed E-state index contributed by atoms with van der Waals surface area (Å²) in [5, 5.41) is 1.34. The van der Waals surface area contributed by atoms with Gasteiger partial charge in [0.1, 0.15) is 4.70 Å². The lowest BCUT2D eigenvalue weighted by Gasteiger charge is -1.99. The molecule has 1 aromatic heterocycles. The van der Waals surface area contributed by atoms with Crippen molar-refractivity contribution >= 4 is 37.5 Å². The minimum Gasteiger partial charge on any atom is -0.182 e. The Labute approximate surface area is 125 Å². The molecule has 3 aromatic rings. The van der Waals surface area contributed by atoms with Gasteiger partial charge in [-0.15, -0.1) is 0 Å². The van der Waals surface area contributed by atoms with Crippen molar-refractivity contribution in [2.75, 3.05) is 0 Å². The molecule has 1 nitrogen and oxygen atoms in total. The fraction of sp³-hybridized carbons (Fsp3) is 0.188. The van der Waals surface area contributed by atoms with Gasteiger partial charge < -0.3 is 0 Å². The third-order valence-corrected chi connectivity index (χ3v) is 4.89. The molecule has 2 aromatic carbocycles. The molecule has 0 saturated carbocycles. The Morgan fingerprint density at radius 2 is 1.79 bits per heavy atom. The molecular weight excluding hydrogens is 318 g/mol. The highest BCUT2D eigenvalue weighted by atomic mass is 79.9. The largest absolute Gasteiger partial charge is 0.235 e. The number of benzene rings is 2. The Bertz CT molecular complexity index is 728. The van der Waals surface area contributed by atoms with Gasteiger partial charge in [-0.05, 0) is 19.1 Å². The third kappa shape index (κ3) is 2.58. The fourth-order valence-electron chi connectivity index (χ4n) is 2.24. The van der Waals surface area contributed by atoms with Gasteiger partial charge in [-0.3, -0.25) is 0 Å². The third-order valence-electron chi connectivity index (χ3n) is 3.31. The van der Waals surface area contributed by atoms with Crippen molar-refractivity contribution in [1.29, 1.82) is 0 Å².